The Hall–Kier alpha value is -4.71. The highest BCUT2D eigenvalue weighted by molar-refractivity contribution is 7.95. The predicted octanol–water partition coefficient (Wildman–Crippen LogP) is 7.25. The van der Waals surface area contributed by atoms with E-state index in [4.69, 9.17) is 21.4 Å². The minimum Gasteiger partial charge on any atom is -0.489 e. The monoisotopic (exact) mass is 569 g/mol. The number of rotatable bonds is 8. The van der Waals surface area contributed by atoms with Gasteiger partial charge in [-0.05, 0) is 72.3 Å². The van der Waals surface area contributed by atoms with E-state index < -0.39 is 14.7 Å². The summed E-state index contributed by atoms with van der Waals surface area (Å²) in [6.07, 6.45) is 2.99. The van der Waals surface area contributed by atoms with Crippen LogP contribution in [0.1, 0.15) is 11.1 Å². The lowest BCUT2D eigenvalue weighted by Gasteiger charge is -2.08. The second-order valence-electron chi connectivity index (χ2n) is 8.73. The fourth-order valence-corrected chi connectivity index (χ4v) is 5.24. The van der Waals surface area contributed by atoms with E-state index in [1.54, 1.807) is 41.2 Å². The van der Waals surface area contributed by atoms with Gasteiger partial charge in [-0.25, -0.2) is 17.5 Å². The van der Waals surface area contributed by atoms with Gasteiger partial charge in [0.05, 0.1) is 10.6 Å². The molecule has 0 amide bonds. The highest BCUT2D eigenvalue weighted by atomic mass is 35.5. The average molecular weight is 570 g/mol. The lowest BCUT2D eigenvalue weighted by atomic mass is 10.1. The van der Waals surface area contributed by atoms with Crippen molar-refractivity contribution in [3.8, 4) is 28.8 Å². The Labute approximate surface area is 236 Å². The summed E-state index contributed by atoms with van der Waals surface area (Å²) in [6.45, 7) is 0.229. The first-order valence-corrected chi connectivity index (χ1v) is 13.9. The van der Waals surface area contributed by atoms with Crippen molar-refractivity contribution in [1.82, 2.24) is 9.78 Å². The zero-order valence-corrected chi connectivity index (χ0v) is 22.5. The first-order valence-electron chi connectivity index (χ1n) is 12.1. The largest absolute Gasteiger partial charge is 0.489 e. The Morgan fingerprint density at radius 3 is 2.40 bits per heavy atom. The van der Waals surface area contributed by atoms with E-state index in [2.05, 4.69) is 0 Å². The second kappa shape index (κ2) is 11.6. The third kappa shape index (κ3) is 5.96. The number of aromatic nitrogens is 2. The van der Waals surface area contributed by atoms with E-state index >= 15 is 0 Å². The number of hydrogen-bond acceptors (Lipinski definition) is 5. The van der Waals surface area contributed by atoms with Gasteiger partial charge in [0.15, 0.2) is 0 Å². The predicted molar refractivity (Wildman–Crippen MR) is 152 cm³/mol. The summed E-state index contributed by atoms with van der Waals surface area (Å²) in [7, 11) is -4.12. The summed E-state index contributed by atoms with van der Waals surface area (Å²) in [4.78, 5) is -0.481. The highest BCUT2D eigenvalue weighted by Gasteiger charge is 2.22. The minimum absolute atomic E-state index is 0.0436. The van der Waals surface area contributed by atoms with E-state index in [-0.39, 0.29) is 17.3 Å². The molecule has 1 aromatic heterocycles. The molecule has 5 aromatic rings. The van der Waals surface area contributed by atoms with Crippen LogP contribution in [-0.4, -0.2) is 18.2 Å². The van der Waals surface area contributed by atoms with Crippen molar-refractivity contribution in [3.05, 3.63) is 136 Å². The molecule has 0 atom stereocenters. The van der Waals surface area contributed by atoms with Crippen molar-refractivity contribution < 1.29 is 17.5 Å². The maximum atomic E-state index is 13.3. The SMILES string of the molecule is N#C/C(=C/c1cn(-c2ccccc2)nc1-c1cccc(OCc2ccc(F)cc2)c1)S(=O)(=O)c1ccc(Cl)cc1. The van der Waals surface area contributed by atoms with Crippen LogP contribution < -0.4 is 4.74 Å². The van der Waals surface area contributed by atoms with Gasteiger partial charge in [0.25, 0.3) is 0 Å². The highest BCUT2D eigenvalue weighted by Crippen LogP contribution is 2.31. The molecule has 0 aliphatic rings. The topological polar surface area (TPSA) is 85.0 Å². The van der Waals surface area contributed by atoms with Gasteiger partial charge >= 0.3 is 0 Å². The maximum absolute atomic E-state index is 13.3. The number of benzene rings is 4. The molecule has 0 aliphatic heterocycles. The summed E-state index contributed by atoms with van der Waals surface area (Å²) in [6, 6.07) is 30.0. The molecule has 0 aliphatic carbocycles. The van der Waals surface area contributed by atoms with Crippen molar-refractivity contribution in [1.29, 1.82) is 5.26 Å². The van der Waals surface area contributed by atoms with Crippen molar-refractivity contribution in [3.63, 3.8) is 0 Å². The van der Waals surface area contributed by atoms with Crippen LogP contribution >= 0.6 is 11.6 Å². The molecular weight excluding hydrogens is 549 g/mol. The van der Waals surface area contributed by atoms with Gasteiger partial charge < -0.3 is 4.74 Å². The molecular formula is C31H21ClFN3O3S. The molecule has 4 aromatic carbocycles. The van der Waals surface area contributed by atoms with Crippen LogP contribution in [0.5, 0.6) is 5.75 Å². The number of nitrogens with zero attached hydrogens (tertiary/aromatic N) is 3. The standard InChI is InChI=1S/C31H21ClFN3O3S/c32-25-11-15-29(16-12-25)40(37,38)30(19-34)18-24-20-36(27-6-2-1-3-7-27)35-31(24)23-5-4-8-28(17-23)39-21-22-9-13-26(33)14-10-22/h1-18,20H,21H2/b30-18-. The van der Waals surface area contributed by atoms with E-state index in [0.29, 0.717) is 27.6 Å². The molecule has 0 saturated carbocycles. The summed E-state index contributed by atoms with van der Waals surface area (Å²) in [5, 5.41) is 15.0. The summed E-state index contributed by atoms with van der Waals surface area (Å²) >= 11 is 5.92. The summed E-state index contributed by atoms with van der Waals surface area (Å²) < 4.78 is 47.4. The second-order valence-corrected chi connectivity index (χ2v) is 11.1. The number of halogens is 2. The molecule has 0 N–H and O–H groups in total. The lowest BCUT2D eigenvalue weighted by molar-refractivity contribution is 0.306. The van der Waals surface area contributed by atoms with Crippen LogP contribution in [-0.2, 0) is 16.4 Å². The number of hydrogen-bond donors (Lipinski definition) is 0. The number of allylic oxidation sites excluding steroid dienone is 1. The fraction of sp³-hybridized carbons (Fsp3) is 0.0323. The molecule has 9 heteroatoms. The molecule has 0 bridgehead atoms. The Kier molecular flexibility index (Phi) is 7.78. The molecule has 198 valence electrons. The van der Waals surface area contributed by atoms with E-state index in [9.17, 15) is 18.1 Å². The number of sulfone groups is 1. The summed E-state index contributed by atoms with van der Waals surface area (Å²) in [5.41, 5.74) is 3.09. The molecule has 1 heterocycles. The summed E-state index contributed by atoms with van der Waals surface area (Å²) in [5.74, 6) is 0.218. The first kappa shape index (κ1) is 26.9. The molecule has 6 nitrogen and oxygen atoms in total. The molecule has 0 fully saturated rings. The van der Waals surface area contributed by atoms with Gasteiger partial charge in [0, 0.05) is 22.3 Å². The van der Waals surface area contributed by atoms with Gasteiger partial charge in [-0.1, -0.05) is 54.1 Å². The molecule has 0 unspecified atom stereocenters. The fourth-order valence-electron chi connectivity index (χ4n) is 3.96. The average Bonchev–Trinajstić information content (AvgIpc) is 3.40. The van der Waals surface area contributed by atoms with Crippen molar-refractivity contribution in [2.75, 3.05) is 0 Å². The molecule has 5 rings (SSSR count). The molecule has 0 radical (unpaired) electrons. The number of para-hydroxylation sites is 1. The third-order valence-electron chi connectivity index (χ3n) is 6.00. The van der Waals surface area contributed by atoms with Gasteiger partial charge in [-0.15, -0.1) is 0 Å². The van der Waals surface area contributed by atoms with E-state index in [1.807, 2.05) is 42.5 Å². The maximum Gasteiger partial charge on any atom is 0.216 e. The molecule has 40 heavy (non-hydrogen) atoms. The Balaban J connectivity index is 1.55. The lowest BCUT2D eigenvalue weighted by Crippen LogP contribution is -2.03. The number of ether oxygens (including phenoxy) is 1. The Morgan fingerprint density at radius 1 is 0.975 bits per heavy atom. The van der Waals surface area contributed by atoms with Crippen molar-refractivity contribution >= 4 is 27.5 Å². The van der Waals surface area contributed by atoms with Crippen molar-refractivity contribution in [2.45, 2.75) is 11.5 Å². The van der Waals surface area contributed by atoms with Crippen LogP contribution in [0.15, 0.2) is 119 Å². The third-order valence-corrected chi connectivity index (χ3v) is 7.93. The Bertz CT molecular complexity index is 1830. The van der Waals surface area contributed by atoms with Crippen LogP contribution in [0.25, 0.3) is 23.0 Å². The van der Waals surface area contributed by atoms with Crippen LogP contribution in [0.2, 0.25) is 5.02 Å². The normalized spacial score (nSPS) is 11.7. The van der Waals surface area contributed by atoms with Gasteiger partial charge in [-0.3, -0.25) is 0 Å². The van der Waals surface area contributed by atoms with E-state index in [0.717, 1.165) is 11.3 Å². The van der Waals surface area contributed by atoms with Crippen LogP contribution in [0.3, 0.4) is 0 Å². The number of nitriles is 1. The quantitative estimate of drug-likeness (QED) is 0.184. The van der Waals surface area contributed by atoms with Gasteiger partial charge in [-0.2, -0.15) is 10.4 Å². The van der Waals surface area contributed by atoms with Gasteiger partial charge in [0.2, 0.25) is 9.84 Å². The first-order chi connectivity index (χ1) is 19.3. The zero-order chi connectivity index (χ0) is 28.1. The zero-order valence-electron chi connectivity index (χ0n) is 20.9. The smallest absolute Gasteiger partial charge is 0.216 e. The molecule has 0 spiro atoms. The van der Waals surface area contributed by atoms with Crippen LogP contribution in [0, 0.1) is 17.1 Å². The van der Waals surface area contributed by atoms with E-state index in [1.165, 1.54) is 42.5 Å². The van der Waals surface area contributed by atoms with Crippen molar-refractivity contribution in [2.24, 2.45) is 0 Å². The van der Waals surface area contributed by atoms with Gasteiger partial charge in [0.1, 0.15) is 34.8 Å². The Morgan fingerprint density at radius 2 is 1.70 bits per heavy atom. The minimum atomic E-state index is -4.12. The van der Waals surface area contributed by atoms with Crippen LogP contribution in [0.4, 0.5) is 4.39 Å². The molecule has 0 saturated heterocycles.